The zero-order chi connectivity index (χ0) is 19.4. The first kappa shape index (κ1) is 18.8. The number of rotatable bonds is 6. The number of anilines is 1. The molecular weight excluding hydrogens is 345 g/mol. The zero-order valence-electron chi connectivity index (χ0n) is 15.5. The first-order chi connectivity index (χ1) is 13.0. The lowest BCUT2D eigenvalue weighted by Crippen LogP contribution is -2.31. The number of benzene rings is 2. The molecule has 0 radical (unpaired) electrons. The van der Waals surface area contributed by atoms with Crippen molar-refractivity contribution in [3.63, 3.8) is 0 Å². The highest BCUT2D eigenvalue weighted by atomic mass is 19.1. The van der Waals surface area contributed by atoms with Crippen molar-refractivity contribution >= 4 is 22.5 Å². The van der Waals surface area contributed by atoms with Crippen LogP contribution in [0.15, 0.2) is 53.6 Å². The Hall–Kier alpha value is -3.02. The highest BCUT2D eigenvalue weighted by Gasteiger charge is 2.14. The fraction of sp³-hybridized carbons (Fsp3) is 0.286. The van der Waals surface area contributed by atoms with E-state index in [0.29, 0.717) is 42.5 Å². The van der Waals surface area contributed by atoms with Gasteiger partial charge in [-0.3, -0.25) is 14.2 Å². The second-order valence-corrected chi connectivity index (χ2v) is 6.43. The predicted octanol–water partition coefficient (Wildman–Crippen LogP) is 3.68. The third kappa shape index (κ3) is 4.05. The van der Waals surface area contributed by atoms with Crippen LogP contribution < -0.4 is 10.5 Å². The van der Waals surface area contributed by atoms with Crippen LogP contribution in [0.4, 0.5) is 10.1 Å². The number of nitrogens with zero attached hydrogens (tertiary/aromatic N) is 3. The maximum Gasteiger partial charge on any atom is 0.261 e. The minimum absolute atomic E-state index is 0.0539. The van der Waals surface area contributed by atoms with Gasteiger partial charge >= 0.3 is 0 Å². The van der Waals surface area contributed by atoms with E-state index in [9.17, 15) is 14.0 Å². The van der Waals surface area contributed by atoms with E-state index in [4.69, 9.17) is 0 Å². The van der Waals surface area contributed by atoms with E-state index in [0.717, 1.165) is 5.56 Å². The summed E-state index contributed by atoms with van der Waals surface area (Å²) >= 11 is 0. The van der Waals surface area contributed by atoms with Crippen molar-refractivity contribution in [2.75, 3.05) is 11.4 Å². The molecule has 1 heterocycles. The van der Waals surface area contributed by atoms with E-state index < -0.39 is 0 Å². The average molecular weight is 367 g/mol. The summed E-state index contributed by atoms with van der Waals surface area (Å²) in [5, 5.41) is 0.588. The number of hydrogen-bond acceptors (Lipinski definition) is 3. The van der Waals surface area contributed by atoms with Crippen LogP contribution in [0, 0.1) is 12.7 Å². The first-order valence-electron chi connectivity index (χ1n) is 9.02. The lowest BCUT2D eigenvalue weighted by atomic mass is 10.1. The van der Waals surface area contributed by atoms with Crippen LogP contribution >= 0.6 is 0 Å². The van der Waals surface area contributed by atoms with E-state index in [1.165, 1.54) is 12.1 Å². The highest BCUT2D eigenvalue weighted by molar-refractivity contribution is 5.93. The molecule has 0 aliphatic carbocycles. The van der Waals surface area contributed by atoms with Gasteiger partial charge in [0.2, 0.25) is 5.91 Å². The monoisotopic (exact) mass is 367 g/mol. The van der Waals surface area contributed by atoms with Gasteiger partial charge in [0.25, 0.3) is 5.56 Å². The highest BCUT2D eigenvalue weighted by Crippen LogP contribution is 2.16. The first-order valence-corrected chi connectivity index (χ1v) is 9.02. The van der Waals surface area contributed by atoms with Crippen molar-refractivity contribution in [2.45, 2.75) is 33.2 Å². The number of hydrogen-bond donors (Lipinski definition) is 0. The van der Waals surface area contributed by atoms with E-state index in [1.807, 2.05) is 26.0 Å². The second kappa shape index (κ2) is 8.12. The maximum absolute atomic E-state index is 13.1. The Kier molecular flexibility index (Phi) is 5.64. The molecule has 0 saturated carbocycles. The van der Waals surface area contributed by atoms with E-state index in [2.05, 4.69) is 4.98 Å². The van der Waals surface area contributed by atoms with Crippen molar-refractivity contribution < 1.29 is 9.18 Å². The fourth-order valence-corrected chi connectivity index (χ4v) is 3.16. The molecule has 0 aliphatic heterocycles. The molecule has 5 nitrogen and oxygen atoms in total. The number of carbonyl (C=O) groups excluding carboxylic acids is 1. The molecule has 0 aliphatic rings. The third-order valence-electron chi connectivity index (χ3n) is 4.60. The van der Waals surface area contributed by atoms with Crippen LogP contribution in [0.5, 0.6) is 0 Å². The van der Waals surface area contributed by atoms with Crippen LogP contribution in [0.25, 0.3) is 10.9 Å². The molecule has 0 N–H and O–H groups in total. The summed E-state index contributed by atoms with van der Waals surface area (Å²) in [6, 6.07) is 11.4. The summed E-state index contributed by atoms with van der Waals surface area (Å²) in [7, 11) is 0. The van der Waals surface area contributed by atoms with Crippen molar-refractivity contribution in [1.82, 2.24) is 9.55 Å². The Morgan fingerprint density at radius 3 is 2.63 bits per heavy atom. The van der Waals surface area contributed by atoms with Crippen LogP contribution in [0.1, 0.15) is 25.3 Å². The van der Waals surface area contributed by atoms with Crippen molar-refractivity contribution in [1.29, 1.82) is 0 Å². The Labute approximate surface area is 157 Å². The topological polar surface area (TPSA) is 55.2 Å². The molecule has 0 fully saturated rings. The van der Waals surface area contributed by atoms with Crippen LogP contribution in [-0.4, -0.2) is 22.0 Å². The van der Waals surface area contributed by atoms with Gasteiger partial charge in [-0.1, -0.05) is 12.1 Å². The number of halogens is 1. The Morgan fingerprint density at radius 1 is 1.19 bits per heavy atom. The molecule has 0 bridgehead atoms. The molecule has 3 aromatic rings. The van der Waals surface area contributed by atoms with Crippen molar-refractivity contribution in [3.05, 3.63) is 70.5 Å². The van der Waals surface area contributed by atoms with Gasteiger partial charge in [0, 0.05) is 25.2 Å². The molecule has 1 aromatic heterocycles. The van der Waals surface area contributed by atoms with Gasteiger partial charge in [-0.2, -0.15) is 0 Å². The zero-order valence-corrected chi connectivity index (χ0v) is 15.5. The summed E-state index contributed by atoms with van der Waals surface area (Å²) in [6.45, 7) is 4.72. The standard InChI is InChI=1S/C21H22FN3O2/c1-3-25(17-11-9-16(22)10-12-17)19(26)8-5-13-24-14-23-20-15(2)6-4-7-18(20)21(24)27/h4,6-7,9-12,14H,3,5,8,13H2,1-2H3. The van der Waals surface area contributed by atoms with E-state index in [-0.39, 0.29) is 17.3 Å². The minimum atomic E-state index is -0.333. The average Bonchev–Trinajstić information content (AvgIpc) is 2.66. The summed E-state index contributed by atoms with van der Waals surface area (Å²) < 4.78 is 14.6. The Balaban J connectivity index is 1.68. The van der Waals surface area contributed by atoms with Crippen LogP contribution in [-0.2, 0) is 11.3 Å². The lowest BCUT2D eigenvalue weighted by Gasteiger charge is -2.21. The largest absolute Gasteiger partial charge is 0.313 e. The smallest absolute Gasteiger partial charge is 0.261 e. The summed E-state index contributed by atoms with van der Waals surface area (Å²) in [4.78, 5) is 31.1. The SMILES string of the molecule is CCN(C(=O)CCCn1cnc2c(C)cccc2c1=O)c1ccc(F)cc1. The van der Waals surface area contributed by atoms with Gasteiger partial charge < -0.3 is 4.90 Å². The van der Waals surface area contributed by atoms with Gasteiger partial charge in [-0.15, -0.1) is 0 Å². The van der Waals surface area contributed by atoms with E-state index in [1.54, 1.807) is 34.0 Å². The van der Waals surface area contributed by atoms with Crippen LogP contribution in [0.2, 0.25) is 0 Å². The Bertz CT molecular complexity index is 1010. The van der Waals surface area contributed by atoms with Gasteiger partial charge in [-0.25, -0.2) is 9.37 Å². The Morgan fingerprint density at radius 2 is 1.93 bits per heavy atom. The number of amides is 1. The molecule has 140 valence electrons. The molecule has 27 heavy (non-hydrogen) atoms. The molecule has 0 spiro atoms. The number of carbonyl (C=O) groups is 1. The molecule has 0 saturated heterocycles. The van der Waals surface area contributed by atoms with E-state index >= 15 is 0 Å². The summed E-state index contributed by atoms with van der Waals surface area (Å²) in [5.41, 5.74) is 2.25. The maximum atomic E-state index is 13.1. The lowest BCUT2D eigenvalue weighted by molar-refractivity contribution is -0.118. The molecule has 1 amide bonds. The number of aryl methyl sites for hydroxylation is 2. The number of fused-ring (bicyclic) bond motifs is 1. The fourth-order valence-electron chi connectivity index (χ4n) is 3.16. The molecule has 6 heteroatoms. The van der Waals surface area contributed by atoms with Gasteiger partial charge in [0.05, 0.1) is 17.2 Å². The summed E-state index contributed by atoms with van der Waals surface area (Å²) in [5.74, 6) is -0.387. The van der Waals surface area contributed by atoms with Crippen molar-refractivity contribution in [2.24, 2.45) is 0 Å². The van der Waals surface area contributed by atoms with Crippen LogP contribution in [0.3, 0.4) is 0 Å². The molecule has 3 rings (SSSR count). The molecule has 0 unspecified atom stereocenters. The minimum Gasteiger partial charge on any atom is -0.313 e. The normalized spacial score (nSPS) is 10.9. The van der Waals surface area contributed by atoms with Gasteiger partial charge in [0.1, 0.15) is 5.82 Å². The number of aromatic nitrogens is 2. The van der Waals surface area contributed by atoms with Gasteiger partial charge in [-0.05, 0) is 56.2 Å². The molecule has 0 atom stereocenters. The third-order valence-corrected chi connectivity index (χ3v) is 4.60. The van der Waals surface area contributed by atoms with Gasteiger partial charge in [0.15, 0.2) is 0 Å². The quantitative estimate of drug-likeness (QED) is 0.668. The molecule has 2 aromatic carbocycles. The molecular formula is C21H22FN3O2. The summed E-state index contributed by atoms with van der Waals surface area (Å²) in [6.07, 6.45) is 2.36. The number of para-hydroxylation sites is 1. The van der Waals surface area contributed by atoms with Crippen molar-refractivity contribution in [3.8, 4) is 0 Å². The second-order valence-electron chi connectivity index (χ2n) is 6.43. The predicted molar refractivity (Wildman–Crippen MR) is 104 cm³/mol.